The molecule has 1 aliphatic carbocycles. The van der Waals surface area contributed by atoms with Gasteiger partial charge in [0.05, 0.1) is 10.0 Å². The summed E-state index contributed by atoms with van der Waals surface area (Å²) in [6, 6.07) is 4.41. The number of nitrogens with one attached hydrogen (secondary N) is 1. The van der Waals surface area contributed by atoms with Gasteiger partial charge in [0, 0.05) is 12.2 Å². The van der Waals surface area contributed by atoms with Crippen LogP contribution >= 0.6 is 15.9 Å². The molecule has 2 rings (SSSR count). The Balaban J connectivity index is 2.11. The van der Waals surface area contributed by atoms with Crippen LogP contribution in [0, 0.1) is 11.3 Å². The molecule has 1 aromatic heterocycles. The predicted molar refractivity (Wildman–Crippen MR) is 62.5 cm³/mol. The molecule has 1 aliphatic rings. The molecule has 1 aromatic rings. The topological polar surface area (TPSA) is 48.7 Å². The van der Waals surface area contributed by atoms with E-state index in [1.54, 1.807) is 12.3 Å². The first-order valence-electron chi connectivity index (χ1n) is 5.12. The van der Waals surface area contributed by atoms with E-state index >= 15 is 0 Å². The number of rotatable bonds is 2. The molecule has 0 spiro atoms. The Morgan fingerprint density at radius 3 is 2.80 bits per heavy atom. The summed E-state index contributed by atoms with van der Waals surface area (Å²) in [5.41, 5.74) is 0.582. The second-order valence-electron chi connectivity index (χ2n) is 3.79. The lowest BCUT2D eigenvalue weighted by Gasteiger charge is -2.13. The van der Waals surface area contributed by atoms with E-state index in [4.69, 9.17) is 5.26 Å². The Hall–Kier alpha value is -1.08. The van der Waals surface area contributed by atoms with Crippen molar-refractivity contribution in [1.29, 1.82) is 5.26 Å². The Bertz CT molecular complexity index is 391. The van der Waals surface area contributed by atoms with E-state index in [2.05, 4.69) is 32.3 Å². The van der Waals surface area contributed by atoms with Crippen LogP contribution in [0.3, 0.4) is 0 Å². The van der Waals surface area contributed by atoms with Crippen molar-refractivity contribution in [3.63, 3.8) is 0 Å². The van der Waals surface area contributed by atoms with Crippen molar-refractivity contribution in [1.82, 2.24) is 4.98 Å². The number of aromatic nitrogens is 1. The summed E-state index contributed by atoms with van der Waals surface area (Å²) < 4.78 is 0.869. The molecule has 78 valence electrons. The Morgan fingerprint density at radius 2 is 2.20 bits per heavy atom. The summed E-state index contributed by atoms with van der Waals surface area (Å²) in [5.74, 6) is 0.848. The lowest BCUT2D eigenvalue weighted by Crippen LogP contribution is -2.15. The van der Waals surface area contributed by atoms with Crippen molar-refractivity contribution in [3.8, 4) is 6.07 Å². The van der Waals surface area contributed by atoms with E-state index in [-0.39, 0.29) is 0 Å². The average Bonchev–Trinajstić information content (AvgIpc) is 2.74. The maximum Gasteiger partial charge on any atom is 0.140 e. The van der Waals surface area contributed by atoms with Crippen molar-refractivity contribution in [3.05, 3.63) is 22.3 Å². The van der Waals surface area contributed by atoms with Gasteiger partial charge in [-0.15, -0.1) is 0 Å². The molecule has 1 saturated carbocycles. The first-order chi connectivity index (χ1) is 7.29. The highest BCUT2D eigenvalue weighted by atomic mass is 79.9. The molecule has 0 atom stereocenters. The van der Waals surface area contributed by atoms with Gasteiger partial charge in [-0.05, 0) is 34.8 Å². The Morgan fingerprint density at radius 1 is 1.47 bits per heavy atom. The molecule has 4 heteroatoms. The SMILES string of the molecule is N#Cc1cnc(NC2CCCC2)c(Br)c1. The quantitative estimate of drug-likeness (QED) is 0.894. The number of hydrogen-bond donors (Lipinski definition) is 1. The van der Waals surface area contributed by atoms with Crippen LogP contribution in [0.25, 0.3) is 0 Å². The van der Waals surface area contributed by atoms with Crippen LogP contribution < -0.4 is 5.32 Å². The van der Waals surface area contributed by atoms with E-state index in [1.165, 1.54) is 25.7 Å². The van der Waals surface area contributed by atoms with Gasteiger partial charge in [-0.25, -0.2) is 4.98 Å². The van der Waals surface area contributed by atoms with E-state index in [0.717, 1.165) is 10.3 Å². The zero-order valence-electron chi connectivity index (χ0n) is 8.33. The number of hydrogen-bond acceptors (Lipinski definition) is 3. The predicted octanol–water partition coefficient (Wildman–Crippen LogP) is 3.07. The van der Waals surface area contributed by atoms with Crippen LogP contribution in [-0.2, 0) is 0 Å². The van der Waals surface area contributed by atoms with Crippen LogP contribution in [0.1, 0.15) is 31.2 Å². The Kier molecular flexibility index (Phi) is 3.22. The van der Waals surface area contributed by atoms with Crippen LogP contribution in [0.4, 0.5) is 5.82 Å². The van der Waals surface area contributed by atoms with Crippen LogP contribution in [0.5, 0.6) is 0 Å². The van der Waals surface area contributed by atoms with Gasteiger partial charge >= 0.3 is 0 Å². The third-order valence-electron chi connectivity index (χ3n) is 2.67. The average molecular weight is 266 g/mol. The molecule has 0 saturated heterocycles. The second-order valence-corrected chi connectivity index (χ2v) is 4.65. The zero-order chi connectivity index (χ0) is 10.7. The first-order valence-corrected chi connectivity index (χ1v) is 5.91. The van der Waals surface area contributed by atoms with Gasteiger partial charge in [0.15, 0.2) is 0 Å². The third kappa shape index (κ3) is 2.48. The van der Waals surface area contributed by atoms with Crippen molar-refractivity contribution >= 4 is 21.7 Å². The Labute approximate surface area is 97.6 Å². The minimum Gasteiger partial charge on any atom is -0.366 e. The van der Waals surface area contributed by atoms with Gasteiger partial charge in [-0.1, -0.05) is 12.8 Å². The summed E-state index contributed by atoms with van der Waals surface area (Å²) in [6.07, 6.45) is 6.63. The van der Waals surface area contributed by atoms with Gasteiger partial charge in [-0.2, -0.15) is 5.26 Å². The first kappa shape index (κ1) is 10.4. The zero-order valence-corrected chi connectivity index (χ0v) is 9.92. The molecular weight excluding hydrogens is 254 g/mol. The number of anilines is 1. The van der Waals surface area contributed by atoms with Crippen molar-refractivity contribution in [2.45, 2.75) is 31.7 Å². The molecule has 1 N–H and O–H groups in total. The van der Waals surface area contributed by atoms with Crippen LogP contribution in [0.2, 0.25) is 0 Å². The normalized spacial score (nSPS) is 16.3. The largest absolute Gasteiger partial charge is 0.366 e. The highest BCUT2D eigenvalue weighted by Crippen LogP contribution is 2.26. The summed E-state index contributed by atoms with van der Waals surface area (Å²) in [7, 11) is 0. The molecule has 1 fully saturated rings. The molecule has 1 heterocycles. The standard InChI is InChI=1S/C11H12BrN3/c12-10-5-8(6-13)7-14-11(10)15-9-3-1-2-4-9/h5,7,9H,1-4H2,(H,14,15). The fourth-order valence-corrected chi connectivity index (χ4v) is 2.33. The molecule has 0 aliphatic heterocycles. The fourth-order valence-electron chi connectivity index (χ4n) is 1.87. The molecular formula is C11H12BrN3. The summed E-state index contributed by atoms with van der Waals surface area (Å²) in [4.78, 5) is 4.23. The molecule has 0 aromatic carbocycles. The highest BCUT2D eigenvalue weighted by Gasteiger charge is 2.16. The van der Waals surface area contributed by atoms with Gasteiger partial charge in [0.2, 0.25) is 0 Å². The van der Waals surface area contributed by atoms with Gasteiger partial charge in [0.1, 0.15) is 11.9 Å². The summed E-state index contributed by atoms with van der Waals surface area (Å²) in [6.45, 7) is 0. The molecule has 0 amide bonds. The van der Waals surface area contributed by atoms with Gasteiger partial charge in [-0.3, -0.25) is 0 Å². The number of pyridine rings is 1. The minimum atomic E-state index is 0.543. The third-order valence-corrected chi connectivity index (χ3v) is 3.27. The summed E-state index contributed by atoms with van der Waals surface area (Å²) >= 11 is 3.42. The van der Waals surface area contributed by atoms with Crippen LogP contribution in [0.15, 0.2) is 16.7 Å². The smallest absolute Gasteiger partial charge is 0.140 e. The fraction of sp³-hybridized carbons (Fsp3) is 0.455. The van der Waals surface area contributed by atoms with Crippen LogP contribution in [-0.4, -0.2) is 11.0 Å². The molecule has 0 radical (unpaired) electrons. The molecule has 0 unspecified atom stereocenters. The maximum absolute atomic E-state index is 8.71. The van der Waals surface area contributed by atoms with E-state index in [1.807, 2.05) is 0 Å². The molecule has 15 heavy (non-hydrogen) atoms. The number of halogens is 1. The van der Waals surface area contributed by atoms with E-state index in [0.29, 0.717) is 11.6 Å². The number of nitriles is 1. The molecule has 3 nitrogen and oxygen atoms in total. The lowest BCUT2D eigenvalue weighted by atomic mass is 10.2. The molecule has 0 bridgehead atoms. The van der Waals surface area contributed by atoms with Gasteiger partial charge < -0.3 is 5.32 Å². The highest BCUT2D eigenvalue weighted by molar-refractivity contribution is 9.10. The minimum absolute atomic E-state index is 0.543. The second kappa shape index (κ2) is 4.63. The van der Waals surface area contributed by atoms with Crippen molar-refractivity contribution in [2.75, 3.05) is 5.32 Å². The lowest BCUT2D eigenvalue weighted by molar-refractivity contribution is 0.749. The summed E-state index contributed by atoms with van der Waals surface area (Å²) in [5, 5.41) is 12.1. The number of nitrogens with zero attached hydrogens (tertiary/aromatic N) is 2. The van der Waals surface area contributed by atoms with Crippen molar-refractivity contribution in [2.24, 2.45) is 0 Å². The van der Waals surface area contributed by atoms with Gasteiger partial charge in [0.25, 0.3) is 0 Å². The van der Waals surface area contributed by atoms with Crippen molar-refractivity contribution < 1.29 is 0 Å². The van der Waals surface area contributed by atoms with E-state index < -0.39 is 0 Å². The maximum atomic E-state index is 8.71. The van der Waals surface area contributed by atoms with E-state index in [9.17, 15) is 0 Å². The monoisotopic (exact) mass is 265 g/mol.